The summed E-state index contributed by atoms with van der Waals surface area (Å²) in [4.78, 5) is 0. The number of methoxy groups -OCH3 is 1. The molecule has 0 unspecified atom stereocenters. The first kappa shape index (κ1) is 9.41. The summed E-state index contributed by atoms with van der Waals surface area (Å²) >= 11 is 6.16. The third-order valence-electron chi connectivity index (χ3n) is 2.56. The number of ether oxygens (including phenoxy) is 1. The third-order valence-corrected chi connectivity index (χ3v) is 3.10. The van der Waals surface area contributed by atoms with Crippen LogP contribution in [0.5, 0.6) is 5.75 Å². The van der Waals surface area contributed by atoms with Gasteiger partial charge in [-0.05, 0) is 18.6 Å². The molecule has 0 saturated heterocycles. The predicted molar refractivity (Wildman–Crippen MR) is 59.2 cm³/mol. The summed E-state index contributed by atoms with van der Waals surface area (Å²) in [6.07, 6.45) is 0. The lowest BCUT2D eigenvalue weighted by molar-refractivity contribution is 0.418. The molecule has 1 heterocycles. The van der Waals surface area contributed by atoms with Crippen molar-refractivity contribution in [2.75, 3.05) is 7.11 Å². The van der Waals surface area contributed by atoms with Crippen LogP contribution in [0.3, 0.4) is 0 Å². The summed E-state index contributed by atoms with van der Waals surface area (Å²) in [6.45, 7) is 2.02. The number of fused-ring (bicyclic) bond motifs is 1. The van der Waals surface area contributed by atoms with Crippen molar-refractivity contribution in [3.63, 3.8) is 0 Å². The van der Waals surface area contributed by atoms with Gasteiger partial charge in [0, 0.05) is 12.4 Å². The minimum Gasteiger partial charge on any atom is -0.495 e. The zero-order valence-corrected chi connectivity index (χ0v) is 9.22. The molecule has 0 spiro atoms. The zero-order valence-electron chi connectivity index (χ0n) is 8.47. The molecule has 0 saturated carbocycles. The van der Waals surface area contributed by atoms with Crippen molar-refractivity contribution in [3.05, 3.63) is 28.9 Å². The average molecular weight is 210 g/mol. The van der Waals surface area contributed by atoms with Crippen molar-refractivity contribution in [2.24, 2.45) is 7.05 Å². The van der Waals surface area contributed by atoms with Gasteiger partial charge in [0.05, 0.1) is 12.6 Å². The number of hydrogen-bond donors (Lipinski definition) is 0. The van der Waals surface area contributed by atoms with Crippen LogP contribution in [-0.2, 0) is 7.05 Å². The Labute approximate surface area is 88.0 Å². The molecule has 1 aromatic carbocycles. The van der Waals surface area contributed by atoms with E-state index >= 15 is 0 Å². The van der Waals surface area contributed by atoms with Crippen molar-refractivity contribution >= 4 is 22.5 Å². The lowest BCUT2D eigenvalue weighted by Gasteiger charge is -2.04. The first-order chi connectivity index (χ1) is 6.66. The second-order valence-electron chi connectivity index (χ2n) is 3.33. The summed E-state index contributed by atoms with van der Waals surface area (Å²) in [5.41, 5.74) is 2.15. The second kappa shape index (κ2) is 3.21. The highest BCUT2D eigenvalue weighted by atomic mass is 35.5. The summed E-state index contributed by atoms with van der Waals surface area (Å²) in [5.74, 6) is 0.861. The zero-order chi connectivity index (χ0) is 10.3. The highest BCUT2D eigenvalue weighted by Crippen LogP contribution is 2.33. The number of aromatic nitrogens is 1. The molecule has 0 radical (unpaired) electrons. The minimum absolute atomic E-state index is 0.768. The van der Waals surface area contributed by atoms with E-state index < -0.39 is 0 Å². The Morgan fingerprint density at radius 1 is 1.36 bits per heavy atom. The molecular weight excluding hydrogens is 198 g/mol. The van der Waals surface area contributed by atoms with Crippen molar-refractivity contribution in [1.82, 2.24) is 4.57 Å². The van der Waals surface area contributed by atoms with E-state index in [1.807, 2.05) is 30.7 Å². The Morgan fingerprint density at radius 3 is 2.71 bits per heavy atom. The van der Waals surface area contributed by atoms with Gasteiger partial charge in [-0.25, -0.2) is 0 Å². The summed E-state index contributed by atoms with van der Waals surface area (Å²) in [7, 11) is 3.62. The van der Waals surface area contributed by atoms with Crippen molar-refractivity contribution in [1.29, 1.82) is 0 Å². The standard InChI is InChI=1S/C11H12ClNO/c1-7-8-5-4-6-9(14-3)10(8)13(2)11(7)12/h4-6H,1-3H3. The molecular formula is C11H12ClNO. The number of rotatable bonds is 1. The van der Waals surface area contributed by atoms with Crippen molar-refractivity contribution in [2.45, 2.75) is 6.92 Å². The first-order valence-electron chi connectivity index (χ1n) is 4.44. The quantitative estimate of drug-likeness (QED) is 0.704. The van der Waals surface area contributed by atoms with Gasteiger partial charge in [-0.15, -0.1) is 0 Å². The molecule has 0 fully saturated rings. The number of para-hydroxylation sites is 1. The Bertz CT molecular complexity index is 487. The van der Waals surface area contributed by atoms with Gasteiger partial charge in [0.25, 0.3) is 0 Å². The van der Waals surface area contributed by atoms with E-state index in [4.69, 9.17) is 16.3 Å². The van der Waals surface area contributed by atoms with E-state index in [9.17, 15) is 0 Å². The molecule has 14 heavy (non-hydrogen) atoms. The van der Waals surface area contributed by atoms with Gasteiger partial charge in [0.15, 0.2) is 0 Å². The van der Waals surface area contributed by atoms with Crippen molar-refractivity contribution in [3.8, 4) is 5.75 Å². The number of aryl methyl sites for hydroxylation is 2. The van der Waals surface area contributed by atoms with E-state index in [1.165, 1.54) is 0 Å². The smallest absolute Gasteiger partial charge is 0.143 e. The van der Waals surface area contributed by atoms with Gasteiger partial charge in [0.1, 0.15) is 10.9 Å². The molecule has 0 atom stereocenters. The lowest BCUT2D eigenvalue weighted by atomic mass is 10.2. The molecule has 74 valence electrons. The van der Waals surface area contributed by atoms with Gasteiger partial charge in [-0.3, -0.25) is 0 Å². The molecule has 0 amide bonds. The lowest BCUT2D eigenvalue weighted by Crippen LogP contribution is -1.90. The topological polar surface area (TPSA) is 14.2 Å². The fourth-order valence-electron chi connectivity index (χ4n) is 1.80. The Morgan fingerprint density at radius 2 is 2.07 bits per heavy atom. The molecule has 0 aliphatic rings. The molecule has 3 heteroatoms. The van der Waals surface area contributed by atoms with Gasteiger partial charge in [-0.2, -0.15) is 0 Å². The fourth-order valence-corrected chi connectivity index (χ4v) is 1.98. The van der Waals surface area contributed by atoms with Gasteiger partial charge in [0.2, 0.25) is 0 Å². The third kappa shape index (κ3) is 1.11. The van der Waals surface area contributed by atoms with E-state index in [1.54, 1.807) is 7.11 Å². The van der Waals surface area contributed by atoms with Crippen LogP contribution in [0, 0.1) is 6.92 Å². The highest BCUT2D eigenvalue weighted by Gasteiger charge is 2.12. The molecule has 1 aromatic heterocycles. The van der Waals surface area contributed by atoms with Crippen molar-refractivity contribution < 1.29 is 4.74 Å². The van der Waals surface area contributed by atoms with Crippen LogP contribution in [-0.4, -0.2) is 11.7 Å². The maximum Gasteiger partial charge on any atom is 0.143 e. The van der Waals surface area contributed by atoms with Crippen LogP contribution in [0.4, 0.5) is 0 Å². The van der Waals surface area contributed by atoms with E-state index in [2.05, 4.69) is 6.07 Å². The molecule has 0 N–H and O–H groups in total. The summed E-state index contributed by atoms with van der Waals surface area (Å²) in [5, 5.41) is 1.92. The second-order valence-corrected chi connectivity index (χ2v) is 3.69. The van der Waals surface area contributed by atoms with Crippen LogP contribution in [0.1, 0.15) is 5.56 Å². The SMILES string of the molecule is COc1cccc2c(C)c(Cl)n(C)c12. The van der Waals surface area contributed by atoms with Crippen LogP contribution in [0.25, 0.3) is 10.9 Å². The average Bonchev–Trinajstić information content (AvgIpc) is 2.44. The number of halogens is 1. The predicted octanol–water partition coefficient (Wildman–Crippen LogP) is 3.15. The van der Waals surface area contributed by atoms with Crippen LogP contribution >= 0.6 is 11.6 Å². The van der Waals surface area contributed by atoms with Gasteiger partial charge >= 0.3 is 0 Å². The molecule has 0 bridgehead atoms. The molecule has 2 nitrogen and oxygen atoms in total. The van der Waals surface area contributed by atoms with E-state index in [0.717, 1.165) is 27.4 Å². The first-order valence-corrected chi connectivity index (χ1v) is 4.82. The molecule has 2 aromatic rings. The van der Waals surface area contributed by atoms with Gasteiger partial charge in [-0.1, -0.05) is 23.7 Å². The molecule has 0 aliphatic carbocycles. The Hall–Kier alpha value is -1.15. The Balaban J connectivity index is 2.94. The monoisotopic (exact) mass is 209 g/mol. The Kier molecular flexibility index (Phi) is 2.16. The van der Waals surface area contributed by atoms with E-state index in [0.29, 0.717) is 0 Å². The number of nitrogens with zero attached hydrogens (tertiary/aromatic N) is 1. The number of benzene rings is 1. The maximum atomic E-state index is 6.16. The van der Waals surface area contributed by atoms with Crippen LogP contribution in [0.15, 0.2) is 18.2 Å². The number of hydrogen-bond acceptors (Lipinski definition) is 1. The minimum atomic E-state index is 0.768. The summed E-state index contributed by atoms with van der Waals surface area (Å²) in [6, 6.07) is 5.97. The highest BCUT2D eigenvalue weighted by molar-refractivity contribution is 6.32. The summed E-state index contributed by atoms with van der Waals surface area (Å²) < 4.78 is 7.25. The van der Waals surface area contributed by atoms with E-state index in [-0.39, 0.29) is 0 Å². The normalized spacial score (nSPS) is 10.9. The maximum absolute atomic E-state index is 6.16. The van der Waals surface area contributed by atoms with Crippen LogP contribution < -0.4 is 4.74 Å². The molecule has 2 rings (SSSR count). The molecule has 0 aliphatic heterocycles. The largest absolute Gasteiger partial charge is 0.495 e. The fraction of sp³-hybridized carbons (Fsp3) is 0.273. The van der Waals surface area contributed by atoms with Crippen LogP contribution in [0.2, 0.25) is 5.15 Å². The van der Waals surface area contributed by atoms with Gasteiger partial charge < -0.3 is 9.30 Å².